The summed E-state index contributed by atoms with van der Waals surface area (Å²) in [5.74, 6) is 0.363. The minimum atomic E-state index is -0.298. The van der Waals surface area contributed by atoms with E-state index in [4.69, 9.17) is 4.74 Å². The lowest BCUT2D eigenvalue weighted by Gasteiger charge is -2.25. The predicted molar refractivity (Wildman–Crippen MR) is 150 cm³/mol. The predicted octanol–water partition coefficient (Wildman–Crippen LogP) is 6.74. The van der Waals surface area contributed by atoms with E-state index in [9.17, 15) is 9.59 Å². The molecule has 1 aliphatic carbocycles. The summed E-state index contributed by atoms with van der Waals surface area (Å²) in [6, 6.07) is 12.6. The Balaban J connectivity index is 1.50. The number of carbonyl (C=O) groups is 2. The van der Waals surface area contributed by atoms with Crippen molar-refractivity contribution in [3.63, 3.8) is 0 Å². The number of benzene rings is 2. The van der Waals surface area contributed by atoms with Crippen LogP contribution in [0.2, 0.25) is 0 Å². The van der Waals surface area contributed by atoms with Crippen LogP contribution in [0.1, 0.15) is 83.6 Å². The Kier molecular flexibility index (Phi) is 5.79. The molecule has 0 unspecified atom stereocenters. The zero-order valence-corrected chi connectivity index (χ0v) is 22.2. The Morgan fingerprint density at radius 3 is 2.47 bits per heavy atom. The summed E-state index contributed by atoms with van der Waals surface area (Å²) in [4.78, 5) is 28.1. The van der Waals surface area contributed by atoms with Crippen LogP contribution < -0.4 is 0 Å². The molecule has 3 aliphatic rings. The van der Waals surface area contributed by atoms with Crippen LogP contribution in [0, 0.1) is 0 Å². The smallest absolute Gasteiger partial charge is 0.337 e. The van der Waals surface area contributed by atoms with Crippen LogP contribution in [0.5, 0.6) is 0 Å². The van der Waals surface area contributed by atoms with E-state index in [1.807, 2.05) is 17.0 Å². The number of esters is 1. The molecular weight excluding hydrogens is 474 g/mol. The number of aryl methyl sites for hydroxylation is 2. The molecule has 1 saturated heterocycles. The summed E-state index contributed by atoms with van der Waals surface area (Å²) in [6.07, 6.45) is 11.5. The first kappa shape index (κ1) is 23.6. The second-order valence-electron chi connectivity index (χ2n) is 11.3. The van der Waals surface area contributed by atoms with Crippen molar-refractivity contribution in [3.05, 3.63) is 59.3 Å². The number of fused-ring (bicyclic) bond motifs is 4. The zero-order chi connectivity index (χ0) is 25.8. The van der Waals surface area contributed by atoms with Crippen LogP contribution in [0.3, 0.4) is 0 Å². The monoisotopic (exact) mass is 509 g/mol. The Hall–Kier alpha value is -3.54. The third-order valence-corrected chi connectivity index (χ3v) is 9.10. The van der Waals surface area contributed by atoms with Crippen molar-refractivity contribution in [2.75, 3.05) is 20.2 Å². The van der Waals surface area contributed by atoms with E-state index in [-0.39, 0.29) is 11.9 Å². The molecule has 6 heteroatoms. The van der Waals surface area contributed by atoms with E-state index in [1.54, 1.807) is 0 Å². The van der Waals surface area contributed by atoms with Crippen LogP contribution in [0.25, 0.3) is 33.1 Å². The van der Waals surface area contributed by atoms with E-state index in [1.165, 1.54) is 66.9 Å². The van der Waals surface area contributed by atoms with Gasteiger partial charge in [0, 0.05) is 54.2 Å². The molecule has 2 aromatic heterocycles. The largest absolute Gasteiger partial charge is 0.465 e. The number of rotatable bonds is 3. The van der Waals surface area contributed by atoms with Crippen molar-refractivity contribution in [3.8, 4) is 11.3 Å². The molecule has 0 spiro atoms. The molecule has 196 valence electrons. The fourth-order valence-corrected chi connectivity index (χ4v) is 7.34. The van der Waals surface area contributed by atoms with Crippen molar-refractivity contribution >= 4 is 33.7 Å². The fraction of sp³-hybridized carbons (Fsp3) is 0.438. The van der Waals surface area contributed by atoms with Gasteiger partial charge in [-0.3, -0.25) is 4.79 Å². The van der Waals surface area contributed by atoms with Crippen molar-refractivity contribution in [1.29, 1.82) is 0 Å². The average molecular weight is 510 g/mol. The van der Waals surface area contributed by atoms with Gasteiger partial charge in [0.15, 0.2) is 0 Å². The maximum absolute atomic E-state index is 13.6. The normalized spacial score (nSPS) is 18.0. The minimum absolute atomic E-state index is 0.165. The molecule has 2 aliphatic heterocycles. The maximum Gasteiger partial charge on any atom is 0.337 e. The highest BCUT2D eigenvalue weighted by Crippen LogP contribution is 2.47. The first-order valence-corrected chi connectivity index (χ1v) is 14.3. The molecule has 2 fully saturated rings. The number of para-hydroxylation sites is 1. The van der Waals surface area contributed by atoms with Crippen LogP contribution in [0.4, 0.5) is 0 Å². The first-order chi connectivity index (χ1) is 18.7. The summed E-state index contributed by atoms with van der Waals surface area (Å²) in [6.45, 7) is 3.43. The standard InChI is InChI=1S/C32H35N3O3/c1-38-32(37)22-13-14-24-27(19-22)35-18-8-17-34-20-26(31(36)33-15-5-6-16-33)23-11-7-12-25(29(23)34)30(35)28(24)21-9-3-2-4-10-21/h7,11-14,19-21H,2-6,8-10,15-18H2,1H3. The third-order valence-electron chi connectivity index (χ3n) is 9.10. The molecule has 0 radical (unpaired) electrons. The van der Waals surface area contributed by atoms with Gasteiger partial charge in [-0.15, -0.1) is 0 Å². The second kappa shape index (κ2) is 9.33. The maximum atomic E-state index is 13.6. The van der Waals surface area contributed by atoms with Gasteiger partial charge in [-0.25, -0.2) is 4.79 Å². The van der Waals surface area contributed by atoms with E-state index >= 15 is 0 Å². The van der Waals surface area contributed by atoms with Crippen molar-refractivity contribution in [2.24, 2.45) is 0 Å². The summed E-state index contributed by atoms with van der Waals surface area (Å²) in [7, 11) is 1.44. The number of hydrogen-bond donors (Lipinski definition) is 0. The van der Waals surface area contributed by atoms with Gasteiger partial charge in [0.1, 0.15) is 0 Å². The molecule has 0 bridgehead atoms. The van der Waals surface area contributed by atoms with Gasteiger partial charge in [-0.1, -0.05) is 43.5 Å². The number of hydrogen-bond acceptors (Lipinski definition) is 3. The van der Waals surface area contributed by atoms with Gasteiger partial charge >= 0.3 is 5.97 Å². The van der Waals surface area contributed by atoms with E-state index in [0.29, 0.717) is 11.5 Å². The zero-order valence-electron chi connectivity index (χ0n) is 22.2. The van der Waals surface area contributed by atoms with E-state index in [0.717, 1.165) is 61.9 Å². The molecule has 7 rings (SSSR count). The number of amides is 1. The summed E-state index contributed by atoms with van der Waals surface area (Å²) in [5, 5.41) is 2.31. The quantitative estimate of drug-likeness (QED) is 0.288. The lowest BCUT2D eigenvalue weighted by atomic mass is 9.81. The number of aromatic nitrogens is 2. The van der Waals surface area contributed by atoms with Gasteiger partial charge in [0.2, 0.25) is 0 Å². The number of carbonyl (C=O) groups excluding carboxylic acids is 2. The fourth-order valence-electron chi connectivity index (χ4n) is 7.34. The molecule has 0 N–H and O–H groups in total. The summed E-state index contributed by atoms with van der Waals surface area (Å²) in [5.41, 5.74) is 7.62. The number of nitrogens with zero attached hydrogens (tertiary/aromatic N) is 3. The lowest BCUT2D eigenvalue weighted by Crippen LogP contribution is -2.27. The van der Waals surface area contributed by atoms with Gasteiger partial charge in [0.25, 0.3) is 5.91 Å². The SMILES string of the molecule is COC(=O)c1ccc2c(C3CCCCC3)c3n(c2c1)CCCn1cc(C(=O)N2CCCC2)c2cccc-3c21. The molecule has 4 heterocycles. The Labute approximate surface area is 223 Å². The Morgan fingerprint density at radius 2 is 1.68 bits per heavy atom. The minimum Gasteiger partial charge on any atom is -0.465 e. The number of ether oxygens (including phenoxy) is 1. The number of likely N-dealkylation sites (tertiary alicyclic amines) is 1. The molecule has 38 heavy (non-hydrogen) atoms. The van der Waals surface area contributed by atoms with Crippen molar-refractivity contribution < 1.29 is 14.3 Å². The second-order valence-corrected chi connectivity index (χ2v) is 11.3. The van der Waals surface area contributed by atoms with Crippen LogP contribution in [-0.4, -0.2) is 46.1 Å². The molecule has 4 aromatic rings. The third kappa shape index (κ3) is 3.60. The first-order valence-electron chi connectivity index (χ1n) is 14.3. The highest BCUT2D eigenvalue weighted by molar-refractivity contribution is 6.11. The van der Waals surface area contributed by atoms with Crippen LogP contribution >= 0.6 is 0 Å². The summed E-state index contributed by atoms with van der Waals surface area (Å²) >= 11 is 0. The molecule has 2 aromatic carbocycles. The van der Waals surface area contributed by atoms with Gasteiger partial charge in [0.05, 0.1) is 29.4 Å². The molecule has 1 amide bonds. The molecule has 6 nitrogen and oxygen atoms in total. The number of methoxy groups -OCH3 is 1. The summed E-state index contributed by atoms with van der Waals surface area (Å²) < 4.78 is 9.86. The van der Waals surface area contributed by atoms with Crippen molar-refractivity contribution in [1.82, 2.24) is 14.0 Å². The van der Waals surface area contributed by atoms with Gasteiger partial charge in [-0.05, 0) is 55.7 Å². The topological polar surface area (TPSA) is 56.5 Å². The van der Waals surface area contributed by atoms with Gasteiger partial charge < -0.3 is 18.8 Å². The molecular formula is C32H35N3O3. The Morgan fingerprint density at radius 1 is 0.868 bits per heavy atom. The lowest BCUT2D eigenvalue weighted by molar-refractivity contribution is 0.0600. The molecule has 1 saturated carbocycles. The van der Waals surface area contributed by atoms with Crippen molar-refractivity contribution in [2.45, 2.75) is 70.4 Å². The van der Waals surface area contributed by atoms with Crippen LogP contribution in [0.15, 0.2) is 42.6 Å². The van der Waals surface area contributed by atoms with E-state index < -0.39 is 0 Å². The average Bonchev–Trinajstić information content (AvgIpc) is 3.68. The Bertz CT molecular complexity index is 1560. The van der Waals surface area contributed by atoms with E-state index in [2.05, 4.69) is 39.6 Å². The van der Waals surface area contributed by atoms with Crippen LogP contribution in [-0.2, 0) is 17.8 Å². The molecule has 0 atom stereocenters. The highest BCUT2D eigenvalue weighted by Gasteiger charge is 2.31. The highest BCUT2D eigenvalue weighted by atomic mass is 16.5. The van der Waals surface area contributed by atoms with Gasteiger partial charge in [-0.2, -0.15) is 0 Å².